The lowest BCUT2D eigenvalue weighted by Crippen LogP contribution is -1.91. The molecule has 0 aliphatic heterocycles. The lowest BCUT2D eigenvalue weighted by atomic mass is 10.0. The fourth-order valence-electron chi connectivity index (χ4n) is 2.61. The Labute approximate surface area is 69.6 Å². The number of fused-ring (bicyclic) bond motifs is 1. The minimum atomic E-state index is 0. The van der Waals surface area contributed by atoms with Gasteiger partial charge in [0.1, 0.15) is 0 Å². The van der Waals surface area contributed by atoms with Crippen molar-refractivity contribution in [3.63, 3.8) is 0 Å². The average Bonchev–Trinajstić information content (AvgIpc) is 2.23. The molecule has 2 heteroatoms. The number of halogens is 1. The molecule has 0 aromatic heterocycles. The van der Waals surface area contributed by atoms with Crippen LogP contribution >= 0.6 is 12.4 Å². The molecule has 3 N–H and O–H groups in total. The van der Waals surface area contributed by atoms with Crippen LogP contribution in [0.5, 0.6) is 0 Å². The van der Waals surface area contributed by atoms with Gasteiger partial charge in [0.15, 0.2) is 0 Å². The molecule has 2 aliphatic carbocycles. The predicted molar refractivity (Wildman–Crippen MR) is 46.9 cm³/mol. The van der Waals surface area contributed by atoms with Crippen molar-refractivity contribution >= 4 is 12.4 Å². The van der Waals surface area contributed by atoms with E-state index in [4.69, 9.17) is 0 Å². The molecule has 2 aliphatic rings. The highest BCUT2D eigenvalue weighted by atomic mass is 35.5. The smallest absolute Gasteiger partial charge is 0.0266 e. The van der Waals surface area contributed by atoms with Crippen LogP contribution in [0.3, 0.4) is 0 Å². The number of hydrogen-bond acceptors (Lipinski definition) is 1. The van der Waals surface area contributed by atoms with Crippen LogP contribution in [-0.2, 0) is 0 Å². The molecule has 2 saturated carbocycles. The van der Waals surface area contributed by atoms with Crippen molar-refractivity contribution in [2.24, 2.45) is 17.3 Å². The van der Waals surface area contributed by atoms with Crippen molar-refractivity contribution in [2.75, 3.05) is 0 Å². The van der Waals surface area contributed by atoms with Crippen molar-refractivity contribution in [3.05, 3.63) is 0 Å². The first-order chi connectivity index (χ1) is 3.75. The molecule has 0 aromatic carbocycles. The molecule has 62 valence electrons. The quantitative estimate of drug-likeness (QED) is 0.586. The second-order valence-corrected chi connectivity index (χ2v) is 3.79. The molecule has 0 spiro atoms. The van der Waals surface area contributed by atoms with Gasteiger partial charge in [0.05, 0.1) is 0 Å². The van der Waals surface area contributed by atoms with Crippen molar-refractivity contribution in [2.45, 2.75) is 33.1 Å². The maximum atomic E-state index is 2.45. The van der Waals surface area contributed by atoms with Crippen molar-refractivity contribution < 1.29 is 0 Å². The van der Waals surface area contributed by atoms with E-state index in [0.29, 0.717) is 0 Å². The Morgan fingerprint density at radius 3 is 2.20 bits per heavy atom. The number of rotatable bonds is 0. The van der Waals surface area contributed by atoms with Gasteiger partial charge in [-0.25, -0.2) is 0 Å². The molecular formula is C8H18ClN. The Hall–Kier alpha value is 0.250. The molecule has 2 fully saturated rings. The lowest BCUT2D eigenvalue weighted by molar-refractivity contribution is 0.494. The minimum absolute atomic E-state index is 0. The van der Waals surface area contributed by atoms with Crippen LogP contribution in [0, 0.1) is 17.3 Å². The van der Waals surface area contributed by atoms with Crippen molar-refractivity contribution in [1.82, 2.24) is 6.15 Å². The van der Waals surface area contributed by atoms with Crippen LogP contribution < -0.4 is 6.15 Å². The topological polar surface area (TPSA) is 35.0 Å². The highest BCUT2D eigenvalue weighted by Gasteiger charge is 2.59. The summed E-state index contributed by atoms with van der Waals surface area (Å²) in [4.78, 5) is 0. The maximum absolute atomic E-state index is 2.45. The molecule has 3 atom stereocenters. The third-order valence-electron chi connectivity index (χ3n) is 3.61. The Kier molecular flexibility index (Phi) is 2.77. The van der Waals surface area contributed by atoms with Gasteiger partial charge >= 0.3 is 0 Å². The second kappa shape index (κ2) is 2.71. The van der Waals surface area contributed by atoms with Gasteiger partial charge in [-0.1, -0.05) is 20.3 Å². The SMILES string of the molecule is CC1C2CCCC12C.Cl.N. The fraction of sp³-hybridized carbons (Fsp3) is 1.00. The first-order valence-corrected chi connectivity index (χ1v) is 3.75. The van der Waals surface area contributed by atoms with Crippen molar-refractivity contribution in [1.29, 1.82) is 0 Å². The van der Waals surface area contributed by atoms with Gasteiger partial charge in [-0.2, -0.15) is 0 Å². The van der Waals surface area contributed by atoms with Crippen molar-refractivity contribution in [3.8, 4) is 0 Å². The summed E-state index contributed by atoms with van der Waals surface area (Å²) in [6.07, 6.45) is 4.54. The van der Waals surface area contributed by atoms with E-state index in [1.807, 2.05) is 0 Å². The summed E-state index contributed by atoms with van der Waals surface area (Å²) < 4.78 is 0. The molecule has 3 unspecified atom stereocenters. The third-order valence-corrected chi connectivity index (χ3v) is 3.61. The normalized spacial score (nSPS) is 48.6. The van der Waals surface area contributed by atoms with Crippen LogP contribution in [0.2, 0.25) is 0 Å². The summed E-state index contributed by atoms with van der Waals surface area (Å²) >= 11 is 0. The monoisotopic (exact) mass is 163 g/mol. The zero-order chi connectivity index (χ0) is 5.78. The molecule has 0 bridgehead atoms. The van der Waals surface area contributed by atoms with E-state index in [0.717, 1.165) is 17.3 Å². The van der Waals surface area contributed by atoms with Gasteiger partial charge in [0.25, 0.3) is 0 Å². The van der Waals surface area contributed by atoms with Gasteiger partial charge in [0, 0.05) is 0 Å². The number of hydrogen-bond donors (Lipinski definition) is 1. The zero-order valence-corrected chi connectivity index (χ0v) is 7.71. The zero-order valence-electron chi connectivity index (χ0n) is 6.89. The van der Waals surface area contributed by atoms with Crippen LogP contribution in [0.25, 0.3) is 0 Å². The highest BCUT2D eigenvalue weighted by Crippen LogP contribution is 2.67. The summed E-state index contributed by atoms with van der Waals surface area (Å²) in [7, 11) is 0. The van der Waals surface area contributed by atoms with Gasteiger partial charge < -0.3 is 6.15 Å². The van der Waals surface area contributed by atoms with E-state index in [-0.39, 0.29) is 18.6 Å². The third kappa shape index (κ3) is 0.960. The summed E-state index contributed by atoms with van der Waals surface area (Å²) in [6.45, 7) is 4.86. The van der Waals surface area contributed by atoms with E-state index in [1.54, 1.807) is 0 Å². The van der Waals surface area contributed by atoms with Gasteiger partial charge in [-0.05, 0) is 30.1 Å². The van der Waals surface area contributed by atoms with Crippen LogP contribution in [0.4, 0.5) is 0 Å². The first-order valence-electron chi connectivity index (χ1n) is 3.75. The van der Waals surface area contributed by atoms with Gasteiger partial charge in [-0.3, -0.25) is 0 Å². The van der Waals surface area contributed by atoms with Gasteiger partial charge in [0.2, 0.25) is 0 Å². The molecule has 0 amide bonds. The lowest BCUT2D eigenvalue weighted by Gasteiger charge is -2.01. The van der Waals surface area contributed by atoms with E-state index < -0.39 is 0 Å². The van der Waals surface area contributed by atoms with E-state index in [1.165, 1.54) is 19.3 Å². The van der Waals surface area contributed by atoms with E-state index >= 15 is 0 Å². The Balaban J connectivity index is 0.000000405. The summed E-state index contributed by atoms with van der Waals surface area (Å²) in [6, 6.07) is 0. The molecule has 10 heavy (non-hydrogen) atoms. The summed E-state index contributed by atoms with van der Waals surface area (Å²) in [5.74, 6) is 2.19. The van der Waals surface area contributed by atoms with E-state index in [2.05, 4.69) is 13.8 Å². The summed E-state index contributed by atoms with van der Waals surface area (Å²) in [5, 5.41) is 0. The van der Waals surface area contributed by atoms with E-state index in [9.17, 15) is 0 Å². The summed E-state index contributed by atoms with van der Waals surface area (Å²) in [5.41, 5.74) is 0.819. The van der Waals surface area contributed by atoms with Crippen LogP contribution in [-0.4, -0.2) is 0 Å². The molecule has 0 radical (unpaired) electrons. The molecule has 2 rings (SSSR count). The molecular weight excluding hydrogens is 146 g/mol. The highest BCUT2D eigenvalue weighted by molar-refractivity contribution is 5.85. The molecule has 0 saturated heterocycles. The molecule has 0 aromatic rings. The maximum Gasteiger partial charge on any atom is -0.0266 e. The van der Waals surface area contributed by atoms with Gasteiger partial charge in [-0.15, -0.1) is 12.4 Å². The Bertz CT molecular complexity index is 126. The molecule has 1 nitrogen and oxygen atoms in total. The average molecular weight is 164 g/mol. The minimum Gasteiger partial charge on any atom is -0.344 e. The Morgan fingerprint density at radius 2 is 2.00 bits per heavy atom. The second-order valence-electron chi connectivity index (χ2n) is 3.79. The fourth-order valence-corrected chi connectivity index (χ4v) is 2.61. The Morgan fingerprint density at radius 1 is 1.40 bits per heavy atom. The largest absolute Gasteiger partial charge is 0.344 e. The predicted octanol–water partition coefficient (Wildman–Crippen LogP) is 3.03. The van der Waals surface area contributed by atoms with Crippen LogP contribution in [0.1, 0.15) is 33.1 Å². The first kappa shape index (κ1) is 10.2. The van der Waals surface area contributed by atoms with Crippen LogP contribution in [0.15, 0.2) is 0 Å². The molecule has 0 heterocycles. The standard InChI is InChI=1S/C8H14.ClH.H3N/c1-6-7-4-3-5-8(6,7)2;;/h6-7H,3-5H2,1-2H3;1H;1H3.